The highest BCUT2D eigenvalue weighted by molar-refractivity contribution is 5.57. The lowest BCUT2D eigenvalue weighted by Crippen LogP contribution is -1.99. The van der Waals surface area contributed by atoms with Crippen molar-refractivity contribution >= 4 is 0 Å². The molecule has 0 aliphatic heterocycles. The van der Waals surface area contributed by atoms with E-state index in [1.54, 1.807) is 0 Å². The van der Waals surface area contributed by atoms with Crippen molar-refractivity contribution in [1.82, 2.24) is 0 Å². The lowest BCUT2D eigenvalue weighted by atomic mass is 9.90. The summed E-state index contributed by atoms with van der Waals surface area (Å²) in [7, 11) is 0. The predicted octanol–water partition coefficient (Wildman–Crippen LogP) is 4.63. The van der Waals surface area contributed by atoms with Gasteiger partial charge in [0.1, 0.15) is 0 Å². The van der Waals surface area contributed by atoms with Crippen molar-refractivity contribution in [3.05, 3.63) is 69.3 Å². The van der Waals surface area contributed by atoms with Crippen LogP contribution in [-0.4, -0.2) is 0 Å². The number of benzene rings is 2. The molecule has 0 radical (unpaired) electrons. The summed E-state index contributed by atoms with van der Waals surface area (Å²) in [4.78, 5) is 0. The lowest BCUT2D eigenvalue weighted by Gasteiger charge is -2.15. The van der Waals surface area contributed by atoms with Crippen LogP contribution in [0, 0.1) is 46.5 Å². The minimum Gasteiger partial charge on any atom is -0.0622 e. The van der Waals surface area contributed by atoms with Gasteiger partial charge in [0.25, 0.3) is 0 Å². The Kier molecular flexibility index (Phi) is 3.76. The molecule has 2 aromatic carbocycles. The van der Waals surface area contributed by atoms with Crippen LogP contribution >= 0.6 is 0 Å². The largest absolute Gasteiger partial charge is 0.0622 e. The summed E-state index contributed by atoms with van der Waals surface area (Å²) in [5.41, 5.74) is 8.98. The van der Waals surface area contributed by atoms with E-state index < -0.39 is 0 Å². The van der Waals surface area contributed by atoms with Gasteiger partial charge in [0, 0.05) is 11.1 Å². The molecule has 0 aliphatic carbocycles. The summed E-state index contributed by atoms with van der Waals surface area (Å²) in [6.45, 7) is 10.9. The Morgan fingerprint density at radius 1 is 0.579 bits per heavy atom. The maximum atomic E-state index is 3.36. The molecule has 0 amide bonds. The minimum absolute atomic E-state index is 1.07. The number of hydrogen-bond donors (Lipinski definition) is 0. The van der Waals surface area contributed by atoms with Gasteiger partial charge in [0.2, 0.25) is 0 Å². The highest BCUT2D eigenvalue weighted by atomic mass is 14.1. The van der Waals surface area contributed by atoms with Crippen molar-refractivity contribution < 1.29 is 0 Å². The summed E-state index contributed by atoms with van der Waals surface area (Å²) < 4.78 is 0. The molecule has 0 fully saturated rings. The van der Waals surface area contributed by atoms with E-state index in [9.17, 15) is 0 Å². The topological polar surface area (TPSA) is 0 Å². The second-order valence-electron chi connectivity index (χ2n) is 5.12. The molecule has 19 heavy (non-hydrogen) atoms. The van der Waals surface area contributed by atoms with Gasteiger partial charge in [-0.25, -0.2) is 0 Å². The van der Waals surface area contributed by atoms with Crippen molar-refractivity contribution in [1.29, 1.82) is 0 Å². The van der Waals surface area contributed by atoms with Gasteiger partial charge in [-0.05, 0) is 74.6 Å². The van der Waals surface area contributed by atoms with E-state index in [0.717, 1.165) is 5.56 Å². The first-order valence-corrected chi connectivity index (χ1v) is 6.66. The van der Waals surface area contributed by atoms with Gasteiger partial charge < -0.3 is 0 Å². The van der Waals surface area contributed by atoms with Crippen molar-refractivity contribution in [2.24, 2.45) is 0 Å². The van der Waals surface area contributed by atoms with E-state index in [4.69, 9.17) is 0 Å². The second-order valence-corrected chi connectivity index (χ2v) is 5.12. The third-order valence-electron chi connectivity index (χ3n) is 4.11. The standard InChI is InChI=1S/C19H20/c1-13-14(2)16(4)19(17(5)15(13)3)12-11-18-9-7-6-8-10-18/h6-10H,1-5H3. The Labute approximate surface area is 116 Å². The lowest BCUT2D eigenvalue weighted by molar-refractivity contribution is 1.16. The molecular formula is C19H20. The molecule has 2 rings (SSSR count). The normalized spacial score (nSPS) is 9.95. The van der Waals surface area contributed by atoms with Crippen LogP contribution in [0.2, 0.25) is 0 Å². The van der Waals surface area contributed by atoms with Crippen LogP contribution in [0.1, 0.15) is 38.9 Å². The first-order chi connectivity index (χ1) is 9.02. The zero-order valence-corrected chi connectivity index (χ0v) is 12.4. The van der Waals surface area contributed by atoms with Gasteiger partial charge >= 0.3 is 0 Å². The quantitative estimate of drug-likeness (QED) is 0.596. The summed E-state index contributed by atoms with van der Waals surface area (Å²) in [5, 5.41) is 0. The van der Waals surface area contributed by atoms with Crippen molar-refractivity contribution in [3.8, 4) is 11.8 Å². The number of rotatable bonds is 0. The molecule has 0 atom stereocenters. The van der Waals surface area contributed by atoms with Gasteiger partial charge in [-0.2, -0.15) is 0 Å². The van der Waals surface area contributed by atoms with E-state index in [0.29, 0.717) is 0 Å². The average Bonchev–Trinajstić information content (AvgIpc) is 2.44. The smallest absolute Gasteiger partial charge is 0.0312 e. The van der Waals surface area contributed by atoms with Crippen molar-refractivity contribution in [2.75, 3.05) is 0 Å². The Hall–Kier alpha value is -2.00. The molecule has 96 valence electrons. The summed E-state index contributed by atoms with van der Waals surface area (Å²) in [6, 6.07) is 10.2. The molecule has 0 heteroatoms. The Morgan fingerprint density at radius 3 is 1.58 bits per heavy atom. The molecule has 0 bridgehead atoms. The van der Waals surface area contributed by atoms with Crippen LogP contribution in [0.15, 0.2) is 30.3 Å². The van der Waals surface area contributed by atoms with Gasteiger partial charge in [-0.15, -0.1) is 0 Å². The predicted molar refractivity (Wildman–Crippen MR) is 82.5 cm³/mol. The molecule has 0 aliphatic rings. The molecule has 0 nitrogen and oxygen atoms in total. The molecule has 0 aromatic heterocycles. The zero-order chi connectivity index (χ0) is 14.0. The van der Waals surface area contributed by atoms with E-state index >= 15 is 0 Å². The Bertz CT molecular complexity index is 636. The minimum atomic E-state index is 1.07. The molecule has 0 N–H and O–H groups in total. The van der Waals surface area contributed by atoms with Crippen LogP contribution in [0.4, 0.5) is 0 Å². The summed E-state index contributed by atoms with van der Waals surface area (Å²) in [6.07, 6.45) is 0. The molecule has 0 saturated carbocycles. The van der Waals surface area contributed by atoms with E-state index in [2.05, 4.69) is 46.5 Å². The molecular weight excluding hydrogens is 228 g/mol. The van der Waals surface area contributed by atoms with E-state index in [-0.39, 0.29) is 0 Å². The summed E-state index contributed by atoms with van der Waals surface area (Å²) >= 11 is 0. The van der Waals surface area contributed by atoms with Crippen LogP contribution in [-0.2, 0) is 0 Å². The highest BCUT2D eigenvalue weighted by Crippen LogP contribution is 2.25. The van der Waals surface area contributed by atoms with Crippen LogP contribution in [0.5, 0.6) is 0 Å². The zero-order valence-electron chi connectivity index (χ0n) is 12.4. The maximum absolute atomic E-state index is 3.36. The highest BCUT2D eigenvalue weighted by Gasteiger charge is 2.10. The van der Waals surface area contributed by atoms with Gasteiger partial charge in [-0.1, -0.05) is 30.0 Å². The average molecular weight is 248 g/mol. The molecule has 0 spiro atoms. The third-order valence-corrected chi connectivity index (χ3v) is 4.11. The Morgan fingerprint density at radius 2 is 1.05 bits per heavy atom. The third kappa shape index (κ3) is 2.56. The Balaban J connectivity index is 2.57. The fourth-order valence-corrected chi connectivity index (χ4v) is 2.34. The molecule has 0 heterocycles. The van der Waals surface area contributed by atoms with Crippen LogP contribution < -0.4 is 0 Å². The van der Waals surface area contributed by atoms with Crippen LogP contribution in [0.3, 0.4) is 0 Å². The van der Waals surface area contributed by atoms with Gasteiger partial charge in [0.15, 0.2) is 0 Å². The molecule has 0 unspecified atom stereocenters. The summed E-state index contributed by atoms with van der Waals surface area (Å²) in [5.74, 6) is 6.62. The maximum Gasteiger partial charge on any atom is 0.0312 e. The SMILES string of the molecule is Cc1c(C)c(C)c(C#Cc2ccccc2)c(C)c1C. The molecule has 0 saturated heterocycles. The van der Waals surface area contributed by atoms with E-state index in [1.165, 1.54) is 33.4 Å². The van der Waals surface area contributed by atoms with Crippen molar-refractivity contribution in [2.45, 2.75) is 34.6 Å². The van der Waals surface area contributed by atoms with Crippen molar-refractivity contribution in [3.63, 3.8) is 0 Å². The van der Waals surface area contributed by atoms with E-state index in [1.807, 2.05) is 30.3 Å². The van der Waals surface area contributed by atoms with Gasteiger partial charge in [-0.3, -0.25) is 0 Å². The monoisotopic (exact) mass is 248 g/mol. The first-order valence-electron chi connectivity index (χ1n) is 6.66. The molecule has 2 aromatic rings. The fourth-order valence-electron chi connectivity index (χ4n) is 2.34. The van der Waals surface area contributed by atoms with Crippen LogP contribution in [0.25, 0.3) is 0 Å². The first kappa shape index (κ1) is 13.4. The second kappa shape index (κ2) is 5.33. The fraction of sp³-hybridized carbons (Fsp3) is 0.263. The van der Waals surface area contributed by atoms with Gasteiger partial charge in [0.05, 0.1) is 0 Å². The number of hydrogen-bond acceptors (Lipinski definition) is 0.